The van der Waals surface area contributed by atoms with Crippen LogP contribution in [0.25, 0.3) is 10.9 Å². The van der Waals surface area contributed by atoms with E-state index in [1.807, 2.05) is 37.3 Å². The molecule has 2 amide bonds. The van der Waals surface area contributed by atoms with Crippen LogP contribution in [0.2, 0.25) is 0 Å². The van der Waals surface area contributed by atoms with E-state index in [1.165, 1.54) is 12.3 Å². The van der Waals surface area contributed by atoms with Gasteiger partial charge in [-0.05, 0) is 12.5 Å². The van der Waals surface area contributed by atoms with Crippen LogP contribution >= 0.6 is 0 Å². The SMILES string of the molecule is CC(NC(=O)Nc1cc2[nH]nc(OC(F)F)c2cn1)c1ccccc1. The van der Waals surface area contributed by atoms with Gasteiger partial charge in [-0.25, -0.2) is 9.78 Å². The number of nitrogens with one attached hydrogen (secondary N) is 3. The number of fused-ring (bicyclic) bond motifs is 1. The first-order valence-corrected chi connectivity index (χ1v) is 7.44. The van der Waals surface area contributed by atoms with E-state index in [0.29, 0.717) is 10.9 Å². The normalized spacial score (nSPS) is 12.2. The predicted molar refractivity (Wildman–Crippen MR) is 87.5 cm³/mol. The largest absolute Gasteiger partial charge is 0.415 e. The van der Waals surface area contributed by atoms with Crippen molar-refractivity contribution in [1.29, 1.82) is 0 Å². The highest BCUT2D eigenvalue weighted by Gasteiger charge is 2.14. The lowest BCUT2D eigenvalue weighted by atomic mass is 10.1. The van der Waals surface area contributed by atoms with Gasteiger partial charge in [0.1, 0.15) is 5.82 Å². The lowest BCUT2D eigenvalue weighted by Crippen LogP contribution is -2.31. The van der Waals surface area contributed by atoms with Gasteiger partial charge in [0, 0.05) is 12.3 Å². The number of alkyl halides is 2. The summed E-state index contributed by atoms with van der Waals surface area (Å²) in [6, 6.07) is 10.3. The van der Waals surface area contributed by atoms with Crippen molar-refractivity contribution < 1.29 is 18.3 Å². The van der Waals surface area contributed by atoms with Gasteiger partial charge in [0.25, 0.3) is 0 Å². The highest BCUT2D eigenvalue weighted by Crippen LogP contribution is 2.24. The first kappa shape index (κ1) is 16.6. The summed E-state index contributed by atoms with van der Waals surface area (Å²) in [5, 5.41) is 11.9. The fourth-order valence-corrected chi connectivity index (χ4v) is 2.31. The molecular formula is C16H15F2N5O2. The minimum atomic E-state index is -2.98. The van der Waals surface area contributed by atoms with Gasteiger partial charge in [-0.2, -0.15) is 8.78 Å². The molecule has 0 saturated heterocycles. The second kappa shape index (κ2) is 7.12. The number of hydrogen-bond acceptors (Lipinski definition) is 4. The number of aromatic amines is 1. The molecular weight excluding hydrogens is 332 g/mol. The Morgan fingerprint density at radius 2 is 2.04 bits per heavy atom. The van der Waals surface area contributed by atoms with Crippen LogP contribution < -0.4 is 15.4 Å². The maximum absolute atomic E-state index is 12.3. The highest BCUT2D eigenvalue weighted by molar-refractivity contribution is 5.92. The van der Waals surface area contributed by atoms with Crippen LogP contribution in [0.3, 0.4) is 0 Å². The number of H-pyrrole nitrogens is 1. The molecule has 0 aliphatic rings. The Labute approximate surface area is 141 Å². The summed E-state index contributed by atoms with van der Waals surface area (Å²) in [5.41, 5.74) is 1.38. The summed E-state index contributed by atoms with van der Waals surface area (Å²) in [6.45, 7) is -1.12. The van der Waals surface area contributed by atoms with E-state index in [2.05, 4.69) is 30.6 Å². The van der Waals surface area contributed by atoms with Gasteiger partial charge in [0.05, 0.1) is 16.9 Å². The van der Waals surface area contributed by atoms with Crippen LogP contribution in [0.4, 0.5) is 19.4 Å². The van der Waals surface area contributed by atoms with Gasteiger partial charge < -0.3 is 10.1 Å². The number of carbonyl (C=O) groups is 1. The molecule has 0 saturated carbocycles. The van der Waals surface area contributed by atoms with Crippen molar-refractivity contribution in [2.24, 2.45) is 0 Å². The molecule has 130 valence electrons. The zero-order chi connectivity index (χ0) is 17.8. The van der Waals surface area contributed by atoms with Crippen molar-refractivity contribution in [2.45, 2.75) is 19.6 Å². The zero-order valence-corrected chi connectivity index (χ0v) is 13.2. The van der Waals surface area contributed by atoms with Crippen LogP contribution in [0.15, 0.2) is 42.6 Å². The quantitative estimate of drug-likeness (QED) is 0.659. The number of aromatic nitrogens is 3. The van der Waals surface area contributed by atoms with E-state index in [-0.39, 0.29) is 17.7 Å². The molecule has 0 fully saturated rings. The second-order valence-corrected chi connectivity index (χ2v) is 5.25. The topological polar surface area (TPSA) is 91.9 Å². The first-order valence-electron chi connectivity index (χ1n) is 7.44. The standard InChI is InChI=1S/C16H15F2N5O2/c1-9(10-5-3-2-4-6-10)20-16(24)21-13-7-12-11(8-19-13)14(23-22-12)25-15(17)18/h2-9,15H,1H3,(H,22,23)(H2,19,20,21,24). The van der Waals surface area contributed by atoms with Crippen molar-refractivity contribution >= 4 is 22.8 Å². The summed E-state index contributed by atoms with van der Waals surface area (Å²) in [4.78, 5) is 16.1. The van der Waals surface area contributed by atoms with E-state index in [0.717, 1.165) is 5.56 Å². The molecule has 9 heteroatoms. The molecule has 0 aliphatic heterocycles. The maximum Gasteiger partial charge on any atom is 0.388 e. The molecule has 1 aromatic carbocycles. The van der Waals surface area contributed by atoms with Crippen molar-refractivity contribution in [3.8, 4) is 5.88 Å². The summed E-state index contributed by atoms with van der Waals surface area (Å²) in [6.07, 6.45) is 1.30. The van der Waals surface area contributed by atoms with Gasteiger partial charge in [0.15, 0.2) is 0 Å². The highest BCUT2D eigenvalue weighted by atomic mass is 19.3. The Kier molecular flexibility index (Phi) is 4.73. The Morgan fingerprint density at radius 1 is 1.28 bits per heavy atom. The third-order valence-electron chi connectivity index (χ3n) is 3.50. The van der Waals surface area contributed by atoms with Crippen LogP contribution in [-0.4, -0.2) is 27.8 Å². The monoisotopic (exact) mass is 347 g/mol. The van der Waals surface area contributed by atoms with Crippen molar-refractivity contribution in [3.63, 3.8) is 0 Å². The number of rotatable bonds is 5. The minimum absolute atomic E-state index is 0.192. The molecule has 1 unspecified atom stereocenters. The van der Waals surface area contributed by atoms with E-state index < -0.39 is 12.6 Å². The summed E-state index contributed by atoms with van der Waals surface area (Å²) >= 11 is 0. The molecule has 7 nitrogen and oxygen atoms in total. The van der Waals surface area contributed by atoms with Crippen molar-refractivity contribution in [2.75, 3.05) is 5.32 Å². The molecule has 3 aromatic rings. The lowest BCUT2D eigenvalue weighted by molar-refractivity contribution is -0.0519. The number of ether oxygens (including phenoxy) is 1. The first-order chi connectivity index (χ1) is 12.0. The van der Waals surface area contributed by atoms with Gasteiger partial charge in [-0.3, -0.25) is 10.4 Å². The number of nitrogens with zero attached hydrogens (tertiary/aromatic N) is 2. The molecule has 1 atom stereocenters. The molecule has 0 aliphatic carbocycles. The van der Waals surface area contributed by atoms with Gasteiger partial charge in [-0.1, -0.05) is 30.3 Å². The van der Waals surface area contributed by atoms with Crippen molar-refractivity contribution in [1.82, 2.24) is 20.5 Å². The van der Waals surface area contributed by atoms with E-state index in [1.54, 1.807) is 0 Å². The van der Waals surface area contributed by atoms with Gasteiger partial charge in [-0.15, -0.1) is 5.10 Å². The average Bonchev–Trinajstić information content (AvgIpc) is 2.97. The molecule has 3 rings (SSSR count). The molecule has 3 N–H and O–H groups in total. The third kappa shape index (κ3) is 4.00. The van der Waals surface area contributed by atoms with E-state index >= 15 is 0 Å². The Balaban J connectivity index is 1.67. The van der Waals surface area contributed by atoms with Crippen LogP contribution in [0.1, 0.15) is 18.5 Å². The van der Waals surface area contributed by atoms with Crippen molar-refractivity contribution in [3.05, 3.63) is 48.2 Å². The van der Waals surface area contributed by atoms with E-state index in [4.69, 9.17) is 0 Å². The number of halogens is 2. The fourth-order valence-electron chi connectivity index (χ4n) is 2.31. The number of carbonyl (C=O) groups excluding carboxylic acids is 1. The number of hydrogen-bond donors (Lipinski definition) is 3. The number of benzene rings is 1. The molecule has 25 heavy (non-hydrogen) atoms. The van der Waals surface area contributed by atoms with Crippen LogP contribution in [-0.2, 0) is 0 Å². The third-order valence-corrected chi connectivity index (χ3v) is 3.50. The predicted octanol–water partition coefficient (Wildman–Crippen LogP) is 3.44. The number of urea groups is 1. The molecule has 2 aromatic heterocycles. The fraction of sp³-hybridized carbons (Fsp3) is 0.188. The average molecular weight is 347 g/mol. The molecule has 2 heterocycles. The second-order valence-electron chi connectivity index (χ2n) is 5.25. The number of anilines is 1. The summed E-state index contributed by atoms with van der Waals surface area (Å²) < 4.78 is 28.8. The maximum atomic E-state index is 12.3. The Morgan fingerprint density at radius 3 is 2.76 bits per heavy atom. The number of pyridine rings is 1. The van der Waals surface area contributed by atoms with E-state index in [9.17, 15) is 13.6 Å². The van der Waals surface area contributed by atoms with Gasteiger partial charge in [0.2, 0.25) is 5.88 Å². The molecule has 0 bridgehead atoms. The summed E-state index contributed by atoms with van der Waals surface area (Å²) in [5.74, 6) is 0.00344. The Bertz CT molecular complexity index is 869. The Hall–Kier alpha value is -3.23. The minimum Gasteiger partial charge on any atom is -0.415 e. The number of amides is 2. The van der Waals surface area contributed by atoms with Crippen LogP contribution in [0.5, 0.6) is 5.88 Å². The molecule has 0 radical (unpaired) electrons. The van der Waals surface area contributed by atoms with Gasteiger partial charge >= 0.3 is 12.6 Å². The molecule has 0 spiro atoms. The van der Waals surface area contributed by atoms with Crippen LogP contribution in [0, 0.1) is 0 Å². The lowest BCUT2D eigenvalue weighted by Gasteiger charge is -2.14. The summed E-state index contributed by atoms with van der Waals surface area (Å²) in [7, 11) is 0. The smallest absolute Gasteiger partial charge is 0.388 e. The zero-order valence-electron chi connectivity index (χ0n) is 13.2.